The number of hydrogen-bond donors (Lipinski definition) is 2. The average molecular weight is 262 g/mol. The Morgan fingerprint density at radius 2 is 2.00 bits per heavy atom. The van der Waals surface area contributed by atoms with Crippen LogP contribution in [0, 0.1) is 0 Å². The number of nitrogens with two attached hydrogens (primary N) is 1. The fourth-order valence-electron chi connectivity index (χ4n) is 2.51. The van der Waals surface area contributed by atoms with Gasteiger partial charge in [0.25, 0.3) is 0 Å². The van der Waals surface area contributed by atoms with Crippen molar-refractivity contribution in [3.63, 3.8) is 0 Å². The summed E-state index contributed by atoms with van der Waals surface area (Å²) in [5.41, 5.74) is 6.87. The van der Waals surface area contributed by atoms with E-state index in [9.17, 15) is 9.90 Å². The summed E-state index contributed by atoms with van der Waals surface area (Å²) < 4.78 is 0. The van der Waals surface area contributed by atoms with Crippen LogP contribution in [0.25, 0.3) is 0 Å². The first-order valence-electron chi connectivity index (χ1n) is 6.78. The molecule has 1 aromatic carbocycles. The van der Waals surface area contributed by atoms with Gasteiger partial charge in [0, 0.05) is 19.6 Å². The third-order valence-corrected chi connectivity index (χ3v) is 3.64. The SMILES string of the molecule is CC1(O)CCCN(C(=O)Cc2ccc(CN)cc2)C1. The van der Waals surface area contributed by atoms with Gasteiger partial charge in [0.2, 0.25) is 5.91 Å². The molecule has 1 heterocycles. The van der Waals surface area contributed by atoms with Crippen LogP contribution in [0.1, 0.15) is 30.9 Å². The van der Waals surface area contributed by atoms with Crippen molar-refractivity contribution in [2.45, 2.75) is 38.3 Å². The third-order valence-electron chi connectivity index (χ3n) is 3.64. The van der Waals surface area contributed by atoms with Gasteiger partial charge < -0.3 is 15.7 Å². The number of β-amino-alcohol motifs (C(OH)–C–C–N with tert-alkyl or cyclic N) is 1. The summed E-state index contributed by atoms with van der Waals surface area (Å²) in [6.07, 6.45) is 2.02. The average Bonchev–Trinajstić information content (AvgIpc) is 2.38. The van der Waals surface area contributed by atoms with Gasteiger partial charge in [0.1, 0.15) is 0 Å². The minimum absolute atomic E-state index is 0.0838. The summed E-state index contributed by atoms with van der Waals surface area (Å²) >= 11 is 0. The monoisotopic (exact) mass is 262 g/mol. The van der Waals surface area contributed by atoms with E-state index in [1.807, 2.05) is 24.3 Å². The second kappa shape index (κ2) is 5.72. The molecular formula is C15H22N2O2. The molecule has 0 radical (unpaired) electrons. The highest BCUT2D eigenvalue weighted by atomic mass is 16.3. The van der Waals surface area contributed by atoms with Gasteiger partial charge in [-0.15, -0.1) is 0 Å². The predicted molar refractivity (Wildman–Crippen MR) is 74.5 cm³/mol. The molecule has 2 rings (SSSR count). The molecule has 4 nitrogen and oxygen atoms in total. The molecule has 3 N–H and O–H groups in total. The lowest BCUT2D eigenvalue weighted by Crippen LogP contribution is -2.49. The van der Waals surface area contributed by atoms with Gasteiger partial charge >= 0.3 is 0 Å². The fraction of sp³-hybridized carbons (Fsp3) is 0.533. The molecule has 1 amide bonds. The Morgan fingerprint density at radius 1 is 1.37 bits per heavy atom. The summed E-state index contributed by atoms with van der Waals surface area (Å²) in [6.45, 7) is 3.49. The summed E-state index contributed by atoms with van der Waals surface area (Å²) in [5, 5.41) is 10.0. The number of hydrogen-bond acceptors (Lipinski definition) is 3. The maximum atomic E-state index is 12.2. The summed E-state index contributed by atoms with van der Waals surface area (Å²) in [6, 6.07) is 7.80. The molecule has 104 valence electrons. The number of aliphatic hydroxyl groups is 1. The highest BCUT2D eigenvalue weighted by Gasteiger charge is 2.30. The van der Waals surface area contributed by atoms with Gasteiger partial charge in [-0.3, -0.25) is 4.79 Å². The van der Waals surface area contributed by atoms with Crippen molar-refractivity contribution >= 4 is 5.91 Å². The van der Waals surface area contributed by atoms with E-state index in [2.05, 4.69) is 0 Å². The van der Waals surface area contributed by atoms with Crippen LogP contribution in [0.2, 0.25) is 0 Å². The number of amides is 1. The van der Waals surface area contributed by atoms with E-state index in [4.69, 9.17) is 5.73 Å². The van der Waals surface area contributed by atoms with E-state index in [1.54, 1.807) is 11.8 Å². The van der Waals surface area contributed by atoms with Gasteiger partial charge in [-0.25, -0.2) is 0 Å². The van der Waals surface area contributed by atoms with Crippen molar-refractivity contribution in [2.24, 2.45) is 5.73 Å². The Kier molecular flexibility index (Phi) is 4.22. The summed E-state index contributed by atoms with van der Waals surface area (Å²) in [7, 11) is 0. The first-order chi connectivity index (χ1) is 9.00. The molecule has 1 unspecified atom stereocenters. The van der Waals surface area contributed by atoms with Crippen LogP contribution in [-0.2, 0) is 17.8 Å². The Morgan fingerprint density at radius 3 is 2.58 bits per heavy atom. The van der Waals surface area contributed by atoms with Crippen molar-refractivity contribution in [2.75, 3.05) is 13.1 Å². The van der Waals surface area contributed by atoms with Gasteiger partial charge in [-0.2, -0.15) is 0 Å². The van der Waals surface area contributed by atoms with E-state index >= 15 is 0 Å². The lowest BCUT2D eigenvalue weighted by molar-refractivity contribution is -0.136. The Bertz CT molecular complexity index is 440. The van der Waals surface area contributed by atoms with Gasteiger partial charge in [0.05, 0.1) is 12.0 Å². The molecule has 0 aromatic heterocycles. The van der Waals surface area contributed by atoms with Crippen LogP contribution in [0.5, 0.6) is 0 Å². The number of nitrogens with zero attached hydrogens (tertiary/aromatic N) is 1. The van der Waals surface area contributed by atoms with Gasteiger partial charge in [-0.1, -0.05) is 24.3 Å². The third kappa shape index (κ3) is 3.78. The zero-order chi connectivity index (χ0) is 13.9. The standard InChI is InChI=1S/C15H22N2O2/c1-15(19)7-2-8-17(11-15)14(18)9-12-3-5-13(10-16)6-4-12/h3-6,19H,2,7-11,16H2,1H3. The van der Waals surface area contributed by atoms with Crippen molar-refractivity contribution < 1.29 is 9.90 Å². The first-order valence-corrected chi connectivity index (χ1v) is 6.78. The Balaban J connectivity index is 1.96. The molecule has 1 saturated heterocycles. The smallest absolute Gasteiger partial charge is 0.227 e. The number of carbonyl (C=O) groups is 1. The van der Waals surface area contributed by atoms with E-state index in [1.165, 1.54) is 0 Å². The first kappa shape index (κ1) is 14.0. The number of likely N-dealkylation sites (tertiary alicyclic amines) is 1. The van der Waals surface area contributed by atoms with Crippen LogP contribution in [-0.4, -0.2) is 34.6 Å². The lowest BCUT2D eigenvalue weighted by Gasteiger charge is -2.36. The van der Waals surface area contributed by atoms with Crippen LogP contribution in [0.15, 0.2) is 24.3 Å². The molecule has 0 saturated carbocycles. The van der Waals surface area contributed by atoms with Gasteiger partial charge in [0.15, 0.2) is 0 Å². The van der Waals surface area contributed by atoms with Crippen molar-refractivity contribution in [3.05, 3.63) is 35.4 Å². The molecule has 0 spiro atoms. The maximum Gasteiger partial charge on any atom is 0.227 e. The molecule has 1 aliphatic rings. The Hall–Kier alpha value is -1.39. The zero-order valence-electron chi connectivity index (χ0n) is 11.4. The summed E-state index contributed by atoms with van der Waals surface area (Å²) in [5.74, 6) is 0.0838. The quantitative estimate of drug-likeness (QED) is 0.856. The van der Waals surface area contributed by atoms with Crippen LogP contribution in [0.3, 0.4) is 0 Å². The molecule has 1 atom stereocenters. The summed E-state index contributed by atoms with van der Waals surface area (Å²) in [4.78, 5) is 14.0. The molecule has 1 aliphatic heterocycles. The van der Waals surface area contributed by atoms with Crippen LogP contribution < -0.4 is 5.73 Å². The number of piperidine rings is 1. The minimum atomic E-state index is -0.739. The topological polar surface area (TPSA) is 66.6 Å². The van der Waals surface area contributed by atoms with Crippen molar-refractivity contribution in [1.29, 1.82) is 0 Å². The predicted octanol–water partition coefficient (Wildman–Crippen LogP) is 1.06. The molecule has 4 heteroatoms. The number of benzene rings is 1. The molecule has 19 heavy (non-hydrogen) atoms. The minimum Gasteiger partial charge on any atom is -0.388 e. The molecule has 0 aliphatic carbocycles. The second-order valence-corrected chi connectivity index (χ2v) is 5.61. The zero-order valence-corrected chi connectivity index (χ0v) is 11.4. The van der Waals surface area contributed by atoms with E-state index in [-0.39, 0.29) is 5.91 Å². The van der Waals surface area contributed by atoms with Gasteiger partial charge in [-0.05, 0) is 30.9 Å². The van der Waals surface area contributed by atoms with Crippen LogP contribution >= 0.6 is 0 Å². The fourth-order valence-corrected chi connectivity index (χ4v) is 2.51. The van der Waals surface area contributed by atoms with Crippen molar-refractivity contribution in [1.82, 2.24) is 4.90 Å². The molecule has 1 aromatic rings. The highest BCUT2D eigenvalue weighted by molar-refractivity contribution is 5.79. The van der Waals surface area contributed by atoms with E-state index < -0.39 is 5.60 Å². The normalized spacial score (nSPS) is 23.4. The molecular weight excluding hydrogens is 240 g/mol. The number of rotatable bonds is 3. The second-order valence-electron chi connectivity index (χ2n) is 5.61. The Labute approximate surface area is 114 Å². The lowest BCUT2D eigenvalue weighted by atomic mass is 9.94. The number of carbonyl (C=O) groups excluding carboxylic acids is 1. The molecule has 1 fully saturated rings. The highest BCUT2D eigenvalue weighted by Crippen LogP contribution is 2.21. The van der Waals surface area contributed by atoms with E-state index in [0.29, 0.717) is 19.5 Å². The largest absolute Gasteiger partial charge is 0.388 e. The molecule has 0 bridgehead atoms. The van der Waals surface area contributed by atoms with Crippen molar-refractivity contribution in [3.8, 4) is 0 Å². The van der Waals surface area contributed by atoms with Crippen LogP contribution in [0.4, 0.5) is 0 Å². The van der Waals surface area contributed by atoms with E-state index in [0.717, 1.165) is 30.5 Å². The maximum absolute atomic E-state index is 12.2.